The van der Waals surface area contributed by atoms with Gasteiger partial charge in [-0.25, -0.2) is 8.42 Å². The van der Waals surface area contributed by atoms with Crippen LogP contribution in [0.25, 0.3) is 0 Å². The summed E-state index contributed by atoms with van der Waals surface area (Å²) in [5.41, 5.74) is 3.36. The molecule has 1 aromatic heterocycles. The Morgan fingerprint density at radius 3 is 2.48 bits per heavy atom. The van der Waals surface area contributed by atoms with Crippen molar-refractivity contribution in [3.8, 4) is 0 Å². The van der Waals surface area contributed by atoms with Crippen LogP contribution in [0.1, 0.15) is 22.3 Å². The Morgan fingerprint density at radius 2 is 1.86 bits per heavy atom. The monoisotopic (exact) mass is 306 g/mol. The number of sulfonamides is 1. The smallest absolute Gasteiger partial charge is 0.262 e. The molecular formula is C15H18N2O3S. The molecule has 0 saturated heterocycles. The minimum atomic E-state index is -3.70. The summed E-state index contributed by atoms with van der Waals surface area (Å²) in [5.74, 6) is 0. The Hall–Kier alpha value is -1.92. The third kappa shape index (κ3) is 3.22. The summed E-state index contributed by atoms with van der Waals surface area (Å²) in [6.45, 7) is 5.17. The molecule has 0 aliphatic heterocycles. The Labute approximate surface area is 124 Å². The van der Waals surface area contributed by atoms with E-state index in [1.54, 1.807) is 32.2 Å². The molecule has 0 unspecified atom stereocenters. The SMILES string of the molecule is Cc1cc(C)c(S(=O)(=O)Nc2ccncc2C)cc1CO. The molecule has 112 valence electrons. The highest BCUT2D eigenvalue weighted by molar-refractivity contribution is 7.92. The van der Waals surface area contributed by atoms with Gasteiger partial charge in [0.15, 0.2) is 0 Å². The van der Waals surface area contributed by atoms with Gasteiger partial charge >= 0.3 is 0 Å². The van der Waals surface area contributed by atoms with Crippen LogP contribution in [0.15, 0.2) is 35.5 Å². The predicted octanol–water partition coefficient (Wildman–Crippen LogP) is 2.30. The number of rotatable bonds is 4. The number of aromatic nitrogens is 1. The van der Waals surface area contributed by atoms with Gasteiger partial charge in [-0.15, -0.1) is 0 Å². The average molecular weight is 306 g/mol. The minimum Gasteiger partial charge on any atom is -0.392 e. The average Bonchev–Trinajstić information content (AvgIpc) is 2.41. The largest absolute Gasteiger partial charge is 0.392 e. The molecule has 0 aliphatic rings. The minimum absolute atomic E-state index is 0.174. The first-order chi connectivity index (χ1) is 9.85. The number of aryl methyl sites for hydroxylation is 3. The van der Waals surface area contributed by atoms with Crippen molar-refractivity contribution < 1.29 is 13.5 Å². The molecule has 0 spiro atoms. The lowest BCUT2D eigenvalue weighted by molar-refractivity contribution is 0.280. The first kappa shape index (κ1) is 15.5. The fraction of sp³-hybridized carbons (Fsp3) is 0.267. The molecule has 21 heavy (non-hydrogen) atoms. The molecule has 2 N–H and O–H groups in total. The molecule has 0 fully saturated rings. The van der Waals surface area contributed by atoms with E-state index in [2.05, 4.69) is 9.71 Å². The molecule has 0 amide bonds. The number of hydrogen-bond acceptors (Lipinski definition) is 4. The summed E-state index contributed by atoms with van der Waals surface area (Å²) in [7, 11) is -3.70. The van der Waals surface area contributed by atoms with E-state index in [0.717, 1.165) is 11.1 Å². The first-order valence-corrected chi connectivity index (χ1v) is 7.98. The van der Waals surface area contributed by atoms with Crippen LogP contribution < -0.4 is 4.72 Å². The molecule has 0 bridgehead atoms. The maximum atomic E-state index is 12.5. The zero-order valence-electron chi connectivity index (χ0n) is 12.2. The van der Waals surface area contributed by atoms with Gasteiger partial charge < -0.3 is 5.11 Å². The number of nitrogens with one attached hydrogen (secondary N) is 1. The molecule has 1 aromatic carbocycles. The van der Waals surface area contributed by atoms with Crippen LogP contribution in [0.5, 0.6) is 0 Å². The van der Waals surface area contributed by atoms with E-state index in [1.807, 2.05) is 6.92 Å². The number of pyridine rings is 1. The Balaban J connectivity index is 2.47. The number of hydrogen-bond donors (Lipinski definition) is 2. The topological polar surface area (TPSA) is 79.3 Å². The molecular weight excluding hydrogens is 288 g/mol. The van der Waals surface area contributed by atoms with E-state index in [0.29, 0.717) is 16.8 Å². The van der Waals surface area contributed by atoms with Crippen molar-refractivity contribution in [2.45, 2.75) is 32.3 Å². The van der Waals surface area contributed by atoms with E-state index in [4.69, 9.17) is 0 Å². The summed E-state index contributed by atoms with van der Waals surface area (Å²) in [6.07, 6.45) is 3.13. The normalized spacial score (nSPS) is 11.4. The number of nitrogens with zero attached hydrogens (tertiary/aromatic N) is 1. The predicted molar refractivity (Wildman–Crippen MR) is 81.6 cm³/mol. The van der Waals surface area contributed by atoms with Crippen LogP contribution >= 0.6 is 0 Å². The second-order valence-electron chi connectivity index (χ2n) is 5.00. The highest BCUT2D eigenvalue weighted by Gasteiger charge is 2.19. The van der Waals surface area contributed by atoms with Crippen LogP contribution in [-0.4, -0.2) is 18.5 Å². The highest BCUT2D eigenvalue weighted by Crippen LogP contribution is 2.24. The summed E-state index contributed by atoms with van der Waals surface area (Å²) in [6, 6.07) is 4.90. The van der Waals surface area contributed by atoms with Gasteiger partial charge in [0.05, 0.1) is 17.2 Å². The quantitative estimate of drug-likeness (QED) is 0.908. The van der Waals surface area contributed by atoms with Gasteiger partial charge in [-0.1, -0.05) is 6.07 Å². The lowest BCUT2D eigenvalue weighted by Crippen LogP contribution is -2.16. The van der Waals surface area contributed by atoms with Crippen molar-refractivity contribution in [3.63, 3.8) is 0 Å². The van der Waals surface area contributed by atoms with Gasteiger partial charge in [0.25, 0.3) is 10.0 Å². The van der Waals surface area contributed by atoms with Gasteiger partial charge in [-0.3, -0.25) is 9.71 Å². The molecule has 6 heteroatoms. The van der Waals surface area contributed by atoms with Gasteiger partial charge in [0.1, 0.15) is 0 Å². The summed E-state index contributed by atoms with van der Waals surface area (Å²) in [4.78, 5) is 4.11. The second kappa shape index (κ2) is 5.83. The molecule has 0 radical (unpaired) electrons. The number of benzene rings is 1. The Bertz CT molecular complexity index is 770. The summed E-state index contributed by atoms with van der Waals surface area (Å²) in [5, 5.41) is 9.31. The first-order valence-electron chi connectivity index (χ1n) is 6.49. The van der Waals surface area contributed by atoms with Crippen LogP contribution in [0.4, 0.5) is 5.69 Å². The van der Waals surface area contributed by atoms with Crippen molar-refractivity contribution in [2.75, 3.05) is 4.72 Å². The standard InChI is InChI=1S/C15H18N2O3S/c1-10-6-11(2)15(7-13(10)9-18)21(19,20)17-14-4-5-16-8-12(14)3/h4-8,18H,9H2,1-3H3,(H,16,17). The number of anilines is 1. The van der Waals surface area contributed by atoms with Crippen molar-refractivity contribution in [1.29, 1.82) is 0 Å². The van der Waals surface area contributed by atoms with Crippen LogP contribution in [0.2, 0.25) is 0 Å². The van der Waals surface area contributed by atoms with Crippen molar-refractivity contribution in [3.05, 3.63) is 52.8 Å². The maximum absolute atomic E-state index is 12.5. The van der Waals surface area contributed by atoms with E-state index >= 15 is 0 Å². The molecule has 0 saturated carbocycles. The van der Waals surface area contributed by atoms with Crippen LogP contribution in [0, 0.1) is 20.8 Å². The number of aliphatic hydroxyl groups is 1. The molecule has 0 atom stereocenters. The Kier molecular flexibility index (Phi) is 4.29. The van der Waals surface area contributed by atoms with Crippen molar-refractivity contribution in [2.24, 2.45) is 0 Å². The third-order valence-corrected chi connectivity index (χ3v) is 4.87. The summed E-state index contributed by atoms with van der Waals surface area (Å²) >= 11 is 0. The lowest BCUT2D eigenvalue weighted by Gasteiger charge is -2.14. The van der Waals surface area contributed by atoms with E-state index in [9.17, 15) is 13.5 Å². The molecule has 5 nitrogen and oxygen atoms in total. The zero-order chi connectivity index (χ0) is 15.6. The fourth-order valence-electron chi connectivity index (χ4n) is 2.12. The number of aliphatic hydroxyl groups excluding tert-OH is 1. The fourth-order valence-corrected chi connectivity index (χ4v) is 3.53. The lowest BCUT2D eigenvalue weighted by atomic mass is 10.1. The third-order valence-electron chi connectivity index (χ3n) is 3.36. The summed E-state index contributed by atoms with van der Waals surface area (Å²) < 4.78 is 27.6. The van der Waals surface area contributed by atoms with Crippen molar-refractivity contribution in [1.82, 2.24) is 4.98 Å². The highest BCUT2D eigenvalue weighted by atomic mass is 32.2. The molecule has 1 heterocycles. The van der Waals surface area contributed by atoms with Crippen molar-refractivity contribution >= 4 is 15.7 Å². The van der Waals surface area contributed by atoms with E-state index in [1.165, 1.54) is 12.3 Å². The van der Waals surface area contributed by atoms with Gasteiger partial charge in [-0.05, 0) is 55.2 Å². The Morgan fingerprint density at radius 1 is 1.14 bits per heavy atom. The van der Waals surface area contributed by atoms with E-state index < -0.39 is 10.0 Å². The van der Waals surface area contributed by atoms with Gasteiger partial charge in [0, 0.05) is 12.4 Å². The van der Waals surface area contributed by atoms with Crippen LogP contribution in [-0.2, 0) is 16.6 Å². The second-order valence-corrected chi connectivity index (χ2v) is 6.65. The molecule has 2 rings (SSSR count). The van der Waals surface area contributed by atoms with Gasteiger partial charge in [-0.2, -0.15) is 0 Å². The zero-order valence-corrected chi connectivity index (χ0v) is 13.0. The van der Waals surface area contributed by atoms with E-state index in [-0.39, 0.29) is 11.5 Å². The maximum Gasteiger partial charge on any atom is 0.262 e. The molecule has 0 aliphatic carbocycles. The van der Waals surface area contributed by atoms with Crippen LogP contribution in [0.3, 0.4) is 0 Å². The van der Waals surface area contributed by atoms with Gasteiger partial charge in [0.2, 0.25) is 0 Å². The molecule has 2 aromatic rings.